The molecule has 2 heterocycles. The molecule has 154 valence electrons. The van der Waals surface area contributed by atoms with Gasteiger partial charge in [0.05, 0.1) is 16.6 Å². The van der Waals surface area contributed by atoms with Gasteiger partial charge in [-0.15, -0.1) is 0 Å². The van der Waals surface area contributed by atoms with Gasteiger partial charge in [-0.3, -0.25) is 9.59 Å². The molecule has 0 saturated carbocycles. The maximum Gasteiger partial charge on any atom is 0.418 e. The second kappa shape index (κ2) is 7.29. The lowest BCUT2D eigenvalue weighted by molar-refractivity contribution is -0.137. The number of halogens is 3. The molecule has 1 aliphatic rings. The predicted octanol–water partition coefficient (Wildman–Crippen LogP) is 2.90. The summed E-state index contributed by atoms with van der Waals surface area (Å²) in [5.41, 5.74) is -1.92. The molecule has 0 aliphatic carbocycles. The summed E-state index contributed by atoms with van der Waals surface area (Å²) in [7, 11) is 0. The lowest BCUT2D eigenvalue weighted by atomic mass is 10.1. The standard InChI is InChI=1S/C20H14F3N3O4/c21-20(22,23)13-7-3-4-8-14(13)26-10-9-15(18(26)28)30-19(29)16-11-5-1-2-6-12(11)17(27)25-24-16/h1-8,15H,9-10H2,(H,25,27). The number of para-hydroxylation sites is 1. The van der Waals surface area contributed by atoms with Crippen LogP contribution in [0.3, 0.4) is 0 Å². The fourth-order valence-electron chi connectivity index (χ4n) is 3.41. The number of H-pyrrole nitrogens is 1. The first-order valence-electron chi connectivity index (χ1n) is 8.93. The highest BCUT2D eigenvalue weighted by Crippen LogP contribution is 2.38. The predicted molar refractivity (Wildman–Crippen MR) is 100.0 cm³/mol. The van der Waals surface area contributed by atoms with Crippen LogP contribution in [0.2, 0.25) is 0 Å². The molecule has 1 aromatic heterocycles. The number of carbonyl (C=O) groups excluding carboxylic acids is 2. The van der Waals surface area contributed by atoms with Crippen molar-refractivity contribution in [1.29, 1.82) is 0 Å². The van der Waals surface area contributed by atoms with E-state index in [1.54, 1.807) is 12.1 Å². The van der Waals surface area contributed by atoms with E-state index in [-0.39, 0.29) is 35.1 Å². The molecule has 1 fully saturated rings. The molecule has 0 bridgehead atoms. The summed E-state index contributed by atoms with van der Waals surface area (Å²) in [6.07, 6.45) is -5.87. The highest BCUT2D eigenvalue weighted by molar-refractivity contribution is 6.05. The number of alkyl halides is 3. The van der Waals surface area contributed by atoms with Gasteiger partial charge in [-0.2, -0.15) is 18.3 Å². The van der Waals surface area contributed by atoms with E-state index in [0.717, 1.165) is 11.0 Å². The van der Waals surface area contributed by atoms with Crippen LogP contribution in [0.25, 0.3) is 10.8 Å². The molecule has 1 N–H and O–H groups in total. The van der Waals surface area contributed by atoms with Crippen LogP contribution in [0.1, 0.15) is 22.5 Å². The molecule has 0 radical (unpaired) electrons. The van der Waals surface area contributed by atoms with Crippen LogP contribution in [-0.4, -0.2) is 34.7 Å². The third-order valence-corrected chi connectivity index (χ3v) is 4.80. The van der Waals surface area contributed by atoms with Crippen molar-refractivity contribution >= 4 is 28.3 Å². The second-order valence-electron chi connectivity index (χ2n) is 6.63. The van der Waals surface area contributed by atoms with E-state index in [0.29, 0.717) is 0 Å². The van der Waals surface area contributed by atoms with Crippen molar-refractivity contribution in [3.05, 3.63) is 70.1 Å². The van der Waals surface area contributed by atoms with Crippen molar-refractivity contribution in [2.45, 2.75) is 18.7 Å². The van der Waals surface area contributed by atoms with Crippen LogP contribution in [0, 0.1) is 0 Å². The van der Waals surface area contributed by atoms with E-state index in [1.807, 2.05) is 0 Å². The van der Waals surface area contributed by atoms with E-state index in [4.69, 9.17) is 4.74 Å². The monoisotopic (exact) mass is 417 g/mol. The molecule has 3 aromatic rings. The zero-order valence-corrected chi connectivity index (χ0v) is 15.3. The van der Waals surface area contributed by atoms with Crippen LogP contribution in [-0.2, 0) is 15.7 Å². The Morgan fingerprint density at radius 3 is 2.47 bits per heavy atom. The summed E-state index contributed by atoms with van der Waals surface area (Å²) in [6, 6.07) is 10.9. The fraction of sp³-hybridized carbons (Fsp3) is 0.200. The number of esters is 1. The number of nitrogens with zero attached hydrogens (tertiary/aromatic N) is 2. The Kier molecular flexibility index (Phi) is 4.76. The Balaban J connectivity index is 1.59. The fourth-order valence-corrected chi connectivity index (χ4v) is 3.41. The summed E-state index contributed by atoms with van der Waals surface area (Å²) >= 11 is 0. The average molecular weight is 417 g/mol. The topological polar surface area (TPSA) is 92.4 Å². The van der Waals surface area contributed by atoms with Crippen molar-refractivity contribution in [3.8, 4) is 0 Å². The Bertz CT molecular complexity index is 1210. The van der Waals surface area contributed by atoms with Gasteiger partial charge in [-0.25, -0.2) is 9.89 Å². The number of hydrogen-bond donors (Lipinski definition) is 1. The molecule has 30 heavy (non-hydrogen) atoms. The zero-order chi connectivity index (χ0) is 21.5. The van der Waals surface area contributed by atoms with Gasteiger partial charge < -0.3 is 9.64 Å². The number of carbonyl (C=O) groups is 2. The number of amides is 1. The number of aromatic amines is 1. The van der Waals surface area contributed by atoms with E-state index < -0.39 is 35.3 Å². The molecule has 4 rings (SSSR count). The summed E-state index contributed by atoms with van der Waals surface area (Å²) in [5, 5.41) is 6.37. The molecule has 1 atom stereocenters. The first-order valence-corrected chi connectivity index (χ1v) is 8.93. The van der Waals surface area contributed by atoms with Gasteiger partial charge in [0.1, 0.15) is 0 Å². The van der Waals surface area contributed by atoms with Crippen LogP contribution in [0.4, 0.5) is 18.9 Å². The van der Waals surface area contributed by atoms with Gasteiger partial charge in [-0.1, -0.05) is 30.3 Å². The Morgan fingerprint density at radius 1 is 1.07 bits per heavy atom. The minimum atomic E-state index is -4.63. The number of nitrogens with one attached hydrogen (secondary N) is 1. The van der Waals surface area contributed by atoms with E-state index in [1.165, 1.54) is 30.3 Å². The Morgan fingerprint density at radius 2 is 1.73 bits per heavy atom. The van der Waals surface area contributed by atoms with Crippen LogP contribution in [0.5, 0.6) is 0 Å². The lowest BCUT2D eigenvalue weighted by Crippen LogP contribution is -2.33. The van der Waals surface area contributed by atoms with Crippen molar-refractivity contribution in [1.82, 2.24) is 10.2 Å². The number of fused-ring (bicyclic) bond motifs is 1. The molecule has 2 aromatic carbocycles. The van der Waals surface area contributed by atoms with Crippen LogP contribution in [0.15, 0.2) is 53.3 Å². The second-order valence-corrected chi connectivity index (χ2v) is 6.63. The van der Waals surface area contributed by atoms with Crippen LogP contribution >= 0.6 is 0 Å². The van der Waals surface area contributed by atoms with Gasteiger partial charge in [0.15, 0.2) is 11.8 Å². The molecule has 1 aliphatic heterocycles. The third kappa shape index (κ3) is 3.40. The normalized spacial score (nSPS) is 16.8. The van der Waals surface area contributed by atoms with Crippen molar-refractivity contribution < 1.29 is 27.5 Å². The zero-order valence-electron chi connectivity index (χ0n) is 15.3. The molecular formula is C20H14F3N3O4. The van der Waals surface area contributed by atoms with Gasteiger partial charge >= 0.3 is 12.1 Å². The maximum absolute atomic E-state index is 13.3. The number of anilines is 1. The molecule has 10 heteroatoms. The van der Waals surface area contributed by atoms with Crippen LogP contribution < -0.4 is 10.5 Å². The smallest absolute Gasteiger partial charge is 0.418 e. The maximum atomic E-state index is 13.3. The quantitative estimate of drug-likeness (QED) is 0.662. The SMILES string of the molecule is O=C(OC1CCN(c2ccccc2C(F)(F)F)C1=O)c1n[nH]c(=O)c2ccccc12. The highest BCUT2D eigenvalue weighted by Gasteiger charge is 2.41. The first-order chi connectivity index (χ1) is 14.3. The van der Waals surface area contributed by atoms with Gasteiger partial charge in [-0.05, 0) is 18.2 Å². The van der Waals surface area contributed by atoms with E-state index >= 15 is 0 Å². The van der Waals surface area contributed by atoms with Crippen molar-refractivity contribution in [2.75, 3.05) is 11.4 Å². The Hall–Kier alpha value is -3.69. The molecule has 1 unspecified atom stereocenters. The minimum Gasteiger partial charge on any atom is -0.447 e. The number of benzene rings is 2. The first kappa shape index (κ1) is 19.6. The Labute approximate surface area is 167 Å². The number of aromatic nitrogens is 2. The largest absolute Gasteiger partial charge is 0.447 e. The summed E-state index contributed by atoms with van der Waals surface area (Å²) in [6.45, 7) is -0.0380. The number of ether oxygens (including phenoxy) is 1. The summed E-state index contributed by atoms with van der Waals surface area (Å²) in [5.74, 6) is -1.71. The van der Waals surface area contributed by atoms with Gasteiger partial charge in [0.25, 0.3) is 11.5 Å². The minimum absolute atomic E-state index is 0.0258. The molecular weight excluding hydrogens is 403 g/mol. The molecule has 1 amide bonds. The number of rotatable bonds is 3. The van der Waals surface area contributed by atoms with Crippen molar-refractivity contribution in [3.63, 3.8) is 0 Å². The average Bonchev–Trinajstić information content (AvgIpc) is 3.08. The van der Waals surface area contributed by atoms with Gasteiger partial charge in [0, 0.05) is 18.4 Å². The van der Waals surface area contributed by atoms with Gasteiger partial charge in [0.2, 0.25) is 0 Å². The highest BCUT2D eigenvalue weighted by atomic mass is 19.4. The molecule has 1 saturated heterocycles. The van der Waals surface area contributed by atoms with E-state index in [2.05, 4.69) is 10.2 Å². The van der Waals surface area contributed by atoms with Crippen molar-refractivity contribution in [2.24, 2.45) is 0 Å². The lowest BCUT2D eigenvalue weighted by Gasteiger charge is -2.21. The third-order valence-electron chi connectivity index (χ3n) is 4.80. The summed E-state index contributed by atoms with van der Waals surface area (Å²) in [4.78, 5) is 38.1. The molecule has 7 nitrogen and oxygen atoms in total. The molecule has 0 spiro atoms. The van der Waals surface area contributed by atoms with E-state index in [9.17, 15) is 27.6 Å². The number of hydrogen-bond acceptors (Lipinski definition) is 5. The summed E-state index contributed by atoms with van der Waals surface area (Å²) < 4.78 is 45.1.